The summed E-state index contributed by atoms with van der Waals surface area (Å²) < 4.78 is 44.3. The molecular weight excluding hydrogens is 383 g/mol. The molecule has 1 aromatic carbocycles. The summed E-state index contributed by atoms with van der Waals surface area (Å²) >= 11 is 1.27. The van der Waals surface area contributed by atoms with E-state index in [1.54, 1.807) is 4.57 Å². The van der Waals surface area contributed by atoms with Crippen LogP contribution in [0, 0.1) is 0 Å². The van der Waals surface area contributed by atoms with E-state index in [4.69, 9.17) is 4.74 Å². The molecule has 0 aliphatic rings. The molecule has 0 aliphatic carbocycles. The number of hydrogen-bond acceptors (Lipinski definition) is 5. The zero-order valence-electron chi connectivity index (χ0n) is 14.6. The lowest BCUT2D eigenvalue weighted by Crippen LogP contribution is -2.31. The summed E-state index contributed by atoms with van der Waals surface area (Å²) in [7, 11) is 1.53. The fourth-order valence-corrected chi connectivity index (χ4v) is 3.19. The number of carbonyl (C=O) groups excluding carboxylic acids is 1. The molecule has 0 radical (unpaired) electrons. The molecule has 0 fully saturated rings. The molecule has 0 aliphatic heterocycles. The van der Waals surface area contributed by atoms with E-state index in [-0.39, 0.29) is 19.1 Å². The maximum atomic E-state index is 12.6. The second kappa shape index (κ2) is 9.77. The maximum absolute atomic E-state index is 12.6. The molecule has 148 valence electrons. The molecule has 0 bridgehead atoms. The van der Waals surface area contributed by atoms with Crippen LogP contribution in [0.2, 0.25) is 0 Å². The maximum Gasteiger partial charge on any atom is 0.416 e. The summed E-state index contributed by atoms with van der Waals surface area (Å²) in [5, 5.41) is 12.6. The van der Waals surface area contributed by atoms with Gasteiger partial charge in [-0.3, -0.25) is 4.79 Å². The Bertz CT molecular complexity index is 748. The van der Waals surface area contributed by atoms with Gasteiger partial charge in [-0.25, -0.2) is 4.98 Å². The molecule has 0 unspecified atom stereocenters. The van der Waals surface area contributed by atoms with E-state index in [0.717, 1.165) is 12.1 Å². The van der Waals surface area contributed by atoms with Gasteiger partial charge in [0.2, 0.25) is 5.91 Å². The minimum atomic E-state index is -4.37. The Morgan fingerprint density at radius 3 is 2.63 bits per heavy atom. The SMILES string of the molecule is COCCNC(=O)Cn1c(CO)cnc1SCc1ccc(C(F)(F)F)cc1. The number of nitrogens with one attached hydrogen (secondary N) is 1. The Morgan fingerprint density at radius 2 is 2.04 bits per heavy atom. The van der Waals surface area contributed by atoms with Crippen molar-refractivity contribution in [2.24, 2.45) is 0 Å². The van der Waals surface area contributed by atoms with E-state index >= 15 is 0 Å². The van der Waals surface area contributed by atoms with Crippen molar-refractivity contribution in [3.05, 3.63) is 47.3 Å². The first-order valence-electron chi connectivity index (χ1n) is 8.05. The fraction of sp³-hybridized carbons (Fsp3) is 0.412. The highest BCUT2D eigenvalue weighted by molar-refractivity contribution is 7.98. The first kappa shape index (κ1) is 21.3. The van der Waals surface area contributed by atoms with Gasteiger partial charge >= 0.3 is 6.18 Å². The van der Waals surface area contributed by atoms with Crippen molar-refractivity contribution in [1.29, 1.82) is 0 Å². The lowest BCUT2D eigenvalue weighted by atomic mass is 10.1. The van der Waals surface area contributed by atoms with Gasteiger partial charge in [0.1, 0.15) is 6.54 Å². The number of aliphatic hydroxyl groups is 1. The number of benzene rings is 1. The lowest BCUT2D eigenvalue weighted by Gasteiger charge is -2.11. The molecule has 0 atom stereocenters. The van der Waals surface area contributed by atoms with Gasteiger partial charge < -0.3 is 19.7 Å². The van der Waals surface area contributed by atoms with E-state index in [1.807, 2.05) is 0 Å². The highest BCUT2D eigenvalue weighted by atomic mass is 32.2. The standard InChI is InChI=1S/C17H20F3N3O3S/c1-26-7-6-21-15(25)9-23-14(10-24)8-22-16(23)27-11-12-2-4-13(5-3-12)17(18,19)20/h2-5,8,24H,6-7,9-11H2,1H3,(H,21,25). The van der Waals surface area contributed by atoms with Crippen LogP contribution in [-0.2, 0) is 34.6 Å². The molecule has 1 aromatic heterocycles. The number of halogens is 3. The number of aromatic nitrogens is 2. The van der Waals surface area contributed by atoms with Crippen molar-refractivity contribution in [2.75, 3.05) is 20.3 Å². The van der Waals surface area contributed by atoms with Gasteiger partial charge in [-0.2, -0.15) is 13.2 Å². The van der Waals surface area contributed by atoms with Gasteiger partial charge in [-0.05, 0) is 17.7 Å². The molecule has 0 spiro atoms. The molecular formula is C17H20F3N3O3S. The number of nitrogens with zero attached hydrogens (tertiary/aromatic N) is 2. The predicted octanol–water partition coefficient (Wildman–Crippen LogP) is 2.45. The van der Waals surface area contributed by atoms with Crippen LogP contribution in [0.1, 0.15) is 16.8 Å². The molecule has 0 saturated carbocycles. The van der Waals surface area contributed by atoms with Crippen LogP contribution < -0.4 is 5.32 Å². The molecule has 2 aromatic rings. The van der Waals surface area contributed by atoms with Crippen molar-refractivity contribution < 1.29 is 27.8 Å². The van der Waals surface area contributed by atoms with Crippen molar-refractivity contribution in [3.63, 3.8) is 0 Å². The van der Waals surface area contributed by atoms with Crippen LogP contribution in [0.25, 0.3) is 0 Å². The number of amides is 1. The highest BCUT2D eigenvalue weighted by Gasteiger charge is 2.29. The zero-order valence-corrected chi connectivity index (χ0v) is 15.4. The molecule has 1 heterocycles. The predicted molar refractivity (Wildman–Crippen MR) is 94.0 cm³/mol. The third-order valence-corrected chi connectivity index (χ3v) is 4.70. The van der Waals surface area contributed by atoms with Crippen molar-refractivity contribution >= 4 is 17.7 Å². The zero-order chi connectivity index (χ0) is 19.9. The van der Waals surface area contributed by atoms with E-state index < -0.39 is 11.7 Å². The molecule has 2 N–H and O–H groups in total. The van der Waals surface area contributed by atoms with Crippen molar-refractivity contribution in [3.8, 4) is 0 Å². The summed E-state index contributed by atoms with van der Waals surface area (Å²) in [4.78, 5) is 16.2. The van der Waals surface area contributed by atoms with Crippen molar-refractivity contribution in [2.45, 2.75) is 30.2 Å². The topological polar surface area (TPSA) is 76.4 Å². The summed E-state index contributed by atoms with van der Waals surface area (Å²) in [5.41, 5.74) is 0.470. The molecule has 10 heteroatoms. The second-order valence-electron chi connectivity index (χ2n) is 5.60. The van der Waals surface area contributed by atoms with E-state index in [2.05, 4.69) is 10.3 Å². The first-order chi connectivity index (χ1) is 12.8. The van der Waals surface area contributed by atoms with Gasteiger partial charge in [0.25, 0.3) is 0 Å². The molecule has 6 nitrogen and oxygen atoms in total. The quantitative estimate of drug-likeness (QED) is 0.497. The average molecular weight is 403 g/mol. The van der Waals surface area contributed by atoms with E-state index in [9.17, 15) is 23.1 Å². The summed E-state index contributed by atoms with van der Waals surface area (Å²) in [5.74, 6) is 0.127. The van der Waals surface area contributed by atoms with Gasteiger partial charge in [0.05, 0.1) is 30.7 Å². The van der Waals surface area contributed by atoms with Crippen LogP contribution in [0.3, 0.4) is 0 Å². The van der Waals surface area contributed by atoms with Gasteiger partial charge in [0.15, 0.2) is 5.16 Å². The van der Waals surface area contributed by atoms with Crippen LogP contribution in [-0.4, -0.2) is 40.8 Å². The number of methoxy groups -OCH3 is 1. The number of rotatable bonds is 9. The fourth-order valence-electron chi connectivity index (χ4n) is 2.23. The number of alkyl halides is 3. The van der Waals surface area contributed by atoms with Crippen LogP contribution in [0.4, 0.5) is 13.2 Å². The minimum Gasteiger partial charge on any atom is -0.390 e. The van der Waals surface area contributed by atoms with E-state index in [0.29, 0.717) is 35.3 Å². The normalized spacial score (nSPS) is 11.6. The Hall–Kier alpha value is -2.04. The number of carbonyl (C=O) groups is 1. The number of imidazole rings is 1. The van der Waals surface area contributed by atoms with E-state index in [1.165, 1.54) is 37.2 Å². The lowest BCUT2D eigenvalue weighted by molar-refractivity contribution is -0.137. The molecule has 2 rings (SSSR count). The van der Waals surface area contributed by atoms with Crippen molar-refractivity contribution in [1.82, 2.24) is 14.9 Å². The van der Waals surface area contributed by atoms with Crippen LogP contribution in [0.5, 0.6) is 0 Å². The third kappa shape index (κ3) is 6.26. The largest absolute Gasteiger partial charge is 0.416 e. The highest BCUT2D eigenvalue weighted by Crippen LogP contribution is 2.30. The number of aliphatic hydroxyl groups excluding tert-OH is 1. The second-order valence-corrected chi connectivity index (χ2v) is 6.54. The Balaban J connectivity index is 2.02. The van der Waals surface area contributed by atoms with Crippen LogP contribution in [0.15, 0.2) is 35.6 Å². The summed E-state index contributed by atoms with van der Waals surface area (Å²) in [6.45, 7) is 0.457. The Labute approximate surface area is 158 Å². The monoisotopic (exact) mass is 403 g/mol. The summed E-state index contributed by atoms with van der Waals surface area (Å²) in [6.07, 6.45) is -2.90. The van der Waals surface area contributed by atoms with Crippen LogP contribution >= 0.6 is 11.8 Å². The Kier molecular flexibility index (Phi) is 7.69. The van der Waals surface area contributed by atoms with Gasteiger partial charge in [-0.15, -0.1) is 0 Å². The Morgan fingerprint density at radius 1 is 1.33 bits per heavy atom. The number of thioether (sulfide) groups is 1. The third-order valence-electron chi connectivity index (χ3n) is 3.64. The van der Waals surface area contributed by atoms with Gasteiger partial charge in [0, 0.05) is 19.4 Å². The number of hydrogen-bond donors (Lipinski definition) is 2. The number of ether oxygens (including phenoxy) is 1. The molecule has 0 saturated heterocycles. The average Bonchev–Trinajstić information content (AvgIpc) is 3.01. The molecule has 27 heavy (non-hydrogen) atoms. The summed E-state index contributed by atoms with van der Waals surface area (Å²) in [6, 6.07) is 4.89. The molecule has 1 amide bonds. The smallest absolute Gasteiger partial charge is 0.390 e. The first-order valence-corrected chi connectivity index (χ1v) is 9.03. The van der Waals surface area contributed by atoms with Gasteiger partial charge in [-0.1, -0.05) is 23.9 Å². The minimum absolute atomic E-state index is 0.0189.